The lowest BCUT2D eigenvalue weighted by Gasteiger charge is -2.22. The Labute approximate surface area is 99.6 Å². The number of ether oxygens (including phenoxy) is 1. The van der Waals surface area contributed by atoms with Crippen molar-refractivity contribution >= 4 is 17.3 Å². The summed E-state index contributed by atoms with van der Waals surface area (Å²) < 4.78 is 5.44. The van der Waals surface area contributed by atoms with Crippen LogP contribution in [0.5, 0.6) is 5.75 Å². The van der Waals surface area contributed by atoms with Crippen LogP contribution in [0.25, 0.3) is 0 Å². The Morgan fingerprint density at radius 2 is 2.35 bits per heavy atom. The lowest BCUT2D eigenvalue weighted by molar-refractivity contribution is -0.133. The average molecular weight is 236 g/mol. The molecular formula is C12H16N2O3. The summed E-state index contributed by atoms with van der Waals surface area (Å²) >= 11 is 0. The predicted octanol–water partition coefficient (Wildman–Crippen LogP) is 1.48. The van der Waals surface area contributed by atoms with Crippen molar-refractivity contribution < 1.29 is 14.6 Å². The number of benzene rings is 1. The Balaban J connectivity index is 2.13. The molecule has 1 atom stereocenters. The summed E-state index contributed by atoms with van der Waals surface area (Å²) in [7, 11) is 0. The molecule has 0 aromatic heterocycles. The lowest BCUT2D eigenvalue weighted by atomic mass is 10.0. The van der Waals surface area contributed by atoms with E-state index >= 15 is 0 Å². The maximum Gasteiger partial charge on any atom is 0.256 e. The Morgan fingerprint density at radius 3 is 2.94 bits per heavy atom. The second kappa shape index (κ2) is 4.25. The second-order valence-corrected chi connectivity index (χ2v) is 4.41. The number of hydrogen-bond acceptors (Lipinski definition) is 4. The number of rotatable bonds is 2. The number of amides is 1. The van der Waals surface area contributed by atoms with E-state index in [1.165, 1.54) is 12.1 Å². The van der Waals surface area contributed by atoms with Gasteiger partial charge < -0.3 is 20.9 Å². The van der Waals surface area contributed by atoms with Gasteiger partial charge in [-0.2, -0.15) is 0 Å². The largest absolute Gasteiger partial charge is 0.508 e. The molecule has 1 fully saturated rings. The number of carbonyl (C=O) groups is 1. The highest BCUT2D eigenvalue weighted by Crippen LogP contribution is 2.29. The monoisotopic (exact) mass is 236 g/mol. The molecule has 92 valence electrons. The first-order valence-corrected chi connectivity index (χ1v) is 5.55. The van der Waals surface area contributed by atoms with E-state index in [1.807, 2.05) is 0 Å². The number of anilines is 2. The smallest absolute Gasteiger partial charge is 0.256 e. The topological polar surface area (TPSA) is 84.6 Å². The number of aromatic hydroxyl groups is 1. The van der Waals surface area contributed by atoms with Gasteiger partial charge in [0.15, 0.2) is 0 Å². The third-order valence-electron chi connectivity index (χ3n) is 2.98. The SMILES string of the molecule is CC1(C(=O)Nc2ccc(O)cc2N)CCCO1. The highest BCUT2D eigenvalue weighted by atomic mass is 16.5. The van der Waals surface area contributed by atoms with Gasteiger partial charge in [0.2, 0.25) is 0 Å². The fraction of sp³-hybridized carbons (Fsp3) is 0.417. The van der Waals surface area contributed by atoms with Crippen molar-refractivity contribution in [3.63, 3.8) is 0 Å². The molecule has 0 bridgehead atoms. The summed E-state index contributed by atoms with van der Waals surface area (Å²) in [6.07, 6.45) is 1.59. The van der Waals surface area contributed by atoms with Crippen LogP contribution in [0.4, 0.5) is 11.4 Å². The number of nitrogen functional groups attached to an aromatic ring is 1. The second-order valence-electron chi connectivity index (χ2n) is 4.41. The Hall–Kier alpha value is -1.75. The van der Waals surface area contributed by atoms with Gasteiger partial charge in [0.25, 0.3) is 5.91 Å². The van der Waals surface area contributed by atoms with Crippen LogP contribution in [0.2, 0.25) is 0 Å². The summed E-state index contributed by atoms with van der Waals surface area (Å²) in [5.41, 5.74) is 5.75. The van der Waals surface area contributed by atoms with Gasteiger partial charge in [0, 0.05) is 12.7 Å². The number of hydrogen-bond donors (Lipinski definition) is 3. The van der Waals surface area contributed by atoms with Crippen molar-refractivity contribution in [2.45, 2.75) is 25.4 Å². The van der Waals surface area contributed by atoms with Crippen molar-refractivity contribution in [3.8, 4) is 5.75 Å². The predicted molar refractivity (Wildman–Crippen MR) is 64.7 cm³/mol. The minimum Gasteiger partial charge on any atom is -0.508 e. The molecule has 5 heteroatoms. The maximum absolute atomic E-state index is 12.0. The third kappa shape index (κ3) is 2.34. The summed E-state index contributed by atoms with van der Waals surface area (Å²) in [5, 5.41) is 11.9. The fourth-order valence-electron chi connectivity index (χ4n) is 1.88. The summed E-state index contributed by atoms with van der Waals surface area (Å²) in [4.78, 5) is 12.0. The first-order chi connectivity index (χ1) is 8.01. The quantitative estimate of drug-likeness (QED) is 0.536. The van der Waals surface area contributed by atoms with Crippen molar-refractivity contribution in [1.29, 1.82) is 0 Å². The first kappa shape index (κ1) is 11.7. The van der Waals surface area contributed by atoms with Crippen LogP contribution in [-0.2, 0) is 9.53 Å². The fourth-order valence-corrected chi connectivity index (χ4v) is 1.88. The van der Waals surface area contributed by atoms with E-state index in [9.17, 15) is 9.90 Å². The molecule has 0 aliphatic carbocycles. The van der Waals surface area contributed by atoms with E-state index in [2.05, 4.69) is 5.32 Å². The number of phenolic OH excluding ortho intramolecular Hbond substituents is 1. The van der Waals surface area contributed by atoms with Crippen molar-refractivity contribution in [3.05, 3.63) is 18.2 Å². The molecule has 4 N–H and O–H groups in total. The van der Waals surface area contributed by atoms with Gasteiger partial charge in [-0.1, -0.05) is 0 Å². The summed E-state index contributed by atoms with van der Waals surface area (Å²) in [6.45, 7) is 2.38. The highest BCUT2D eigenvalue weighted by molar-refractivity contribution is 5.99. The van der Waals surface area contributed by atoms with E-state index in [0.29, 0.717) is 24.4 Å². The Bertz CT molecular complexity index is 439. The number of carbonyl (C=O) groups excluding carboxylic acids is 1. The highest BCUT2D eigenvalue weighted by Gasteiger charge is 2.37. The number of nitrogens with two attached hydrogens (primary N) is 1. The molecule has 0 saturated carbocycles. The molecule has 1 unspecified atom stereocenters. The molecule has 1 amide bonds. The molecule has 1 aromatic rings. The number of phenols is 1. The zero-order valence-electron chi connectivity index (χ0n) is 9.69. The molecule has 1 heterocycles. The van der Waals surface area contributed by atoms with Gasteiger partial charge in [-0.3, -0.25) is 4.79 Å². The van der Waals surface area contributed by atoms with Gasteiger partial charge in [-0.25, -0.2) is 0 Å². The third-order valence-corrected chi connectivity index (χ3v) is 2.98. The number of nitrogens with one attached hydrogen (secondary N) is 1. The van der Waals surface area contributed by atoms with Gasteiger partial charge >= 0.3 is 0 Å². The molecule has 0 spiro atoms. The van der Waals surface area contributed by atoms with Crippen LogP contribution < -0.4 is 11.1 Å². The Morgan fingerprint density at radius 1 is 1.59 bits per heavy atom. The van der Waals surface area contributed by atoms with Crippen molar-refractivity contribution in [1.82, 2.24) is 0 Å². The van der Waals surface area contributed by atoms with E-state index in [0.717, 1.165) is 6.42 Å². The van der Waals surface area contributed by atoms with Crippen LogP contribution >= 0.6 is 0 Å². The first-order valence-electron chi connectivity index (χ1n) is 5.55. The van der Waals surface area contributed by atoms with Crippen molar-refractivity contribution in [2.75, 3.05) is 17.7 Å². The standard InChI is InChI=1S/C12H16N2O3/c1-12(5-2-6-17-12)11(16)14-10-4-3-8(15)7-9(10)13/h3-4,7,15H,2,5-6,13H2,1H3,(H,14,16). The maximum atomic E-state index is 12.0. The van der Waals surface area contributed by atoms with Gasteiger partial charge in [0.1, 0.15) is 11.4 Å². The normalized spacial score (nSPS) is 23.6. The lowest BCUT2D eigenvalue weighted by Crippen LogP contribution is -2.39. The zero-order chi connectivity index (χ0) is 12.5. The zero-order valence-corrected chi connectivity index (χ0v) is 9.69. The minimum absolute atomic E-state index is 0.0730. The molecule has 0 radical (unpaired) electrons. The Kier molecular flexibility index (Phi) is 2.93. The molecule has 2 rings (SSSR count). The van der Waals surface area contributed by atoms with E-state index in [4.69, 9.17) is 10.5 Å². The van der Waals surface area contributed by atoms with E-state index in [1.54, 1.807) is 13.0 Å². The van der Waals surface area contributed by atoms with Crippen LogP contribution in [0, 0.1) is 0 Å². The van der Waals surface area contributed by atoms with Gasteiger partial charge in [0.05, 0.1) is 11.4 Å². The van der Waals surface area contributed by atoms with Crippen LogP contribution in [0.3, 0.4) is 0 Å². The van der Waals surface area contributed by atoms with Crippen LogP contribution in [0.15, 0.2) is 18.2 Å². The van der Waals surface area contributed by atoms with Crippen molar-refractivity contribution in [2.24, 2.45) is 0 Å². The molecule has 17 heavy (non-hydrogen) atoms. The summed E-state index contributed by atoms with van der Waals surface area (Å²) in [5.74, 6) is -0.129. The van der Waals surface area contributed by atoms with E-state index < -0.39 is 5.60 Å². The summed E-state index contributed by atoms with van der Waals surface area (Å²) in [6, 6.07) is 4.44. The molecule has 1 aromatic carbocycles. The molecular weight excluding hydrogens is 220 g/mol. The van der Waals surface area contributed by atoms with E-state index in [-0.39, 0.29) is 11.7 Å². The van der Waals surface area contributed by atoms with Crippen LogP contribution in [-0.4, -0.2) is 23.2 Å². The molecule has 1 aliphatic heterocycles. The molecule has 5 nitrogen and oxygen atoms in total. The molecule has 1 saturated heterocycles. The van der Waals surface area contributed by atoms with Gasteiger partial charge in [-0.05, 0) is 31.9 Å². The molecule has 1 aliphatic rings. The minimum atomic E-state index is -0.773. The van der Waals surface area contributed by atoms with Crippen LogP contribution in [0.1, 0.15) is 19.8 Å². The average Bonchev–Trinajstić information content (AvgIpc) is 2.71. The van der Waals surface area contributed by atoms with Gasteiger partial charge in [-0.15, -0.1) is 0 Å².